The van der Waals surface area contributed by atoms with Crippen LogP contribution < -0.4 is 18.9 Å². The van der Waals surface area contributed by atoms with E-state index < -0.39 is 23.9 Å². The number of rotatable bonds is 8. The van der Waals surface area contributed by atoms with Crippen molar-refractivity contribution < 1.29 is 47.6 Å². The van der Waals surface area contributed by atoms with Gasteiger partial charge in [0.1, 0.15) is 46.0 Å². The fourth-order valence-electron chi connectivity index (χ4n) is 7.98. The maximum absolute atomic E-state index is 13.8. The van der Waals surface area contributed by atoms with Crippen LogP contribution in [0.25, 0.3) is 43.1 Å². The molecule has 10 heteroatoms. The van der Waals surface area contributed by atoms with Crippen LogP contribution in [0.5, 0.6) is 46.0 Å². The van der Waals surface area contributed by atoms with Gasteiger partial charge in [0.2, 0.25) is 0 Å². The van der Waals surface area contributed by atoms with Crippen molar-refractivity contribution in [1.82, 2.24) is 0 Å². The van der Waals surface area contributed by atoms with Gasteiger partial charge in [-0.2, -0.15) is 0 Å². The van der Waals surface area contributed by atoms with E-state index in [0.29, 0.717) is 55.3 Å². The van der Waals surface area contributed by atoms with Gasteiger partial charge in [0.25, 0.3) is 0 Å². The first-order valence-corrected chi connectivity index (χ1v) is 18.2. The molecule has 0 radical (unpaired) electrons. The molecule has 0 bridgehead atoms. The lowest BCUT2D eigenvalue weighted by molar-refractivity contribution is 0.0373. The highest BCUT2D eigenvalue weighted by Crippen LogP contribution is 2.57. The van der Waals surface area contributed by atoms with Crippen LogP contribution >= 0.6 is 0 Å². The average molecular weight is 761 g/mol. The van der Waals surface area contributed by atoms with Crippen molar-refractivity contribution in [2.45, 2.75) is 0 Å². The normalized spacial score (nSPS) is 13.2. The van der Waals surface area contributed by atoms with Crippen molar-refractivity contribution in [3.63, 3.8) is 0 Å². The molecule has 0 spiro atoms. The number of cyclic esters (lactones) is 4. The number of carbonyl (C=O) groups excluding carboxylic acids is 4. The first-order valence-electron chi connectivity index (χ1n) is 18.2. The average Bonchev–Trinajstić information content (AvgIpc) is 3.24. The number of hydrogen-bond donors (Lipinski definition) is 0. The van der Waals surface area contributed by atoms with Gasteiger partial charge >= 0.3 is 23.9 Å². The zero-order valence-corrected chi connectivity index (χ0v) is 29.9. The first-order chi connectivity index (χ1) is 28.4. The number of carbonyl (C=O) groups is 4. The maximum atomic E-state index is 13.8. The van der Waals surface area contributed by atoms with Crippen molar-refractivity contribution >= 4 is 67.0 Å². The summed E-state index contributed by atoms with van der Waals surface area (Å²) in [5, 5.41) is 2.98. The Morgan fingerprint density at radius 2 is 0.500 bits per heavy atom. The molecule has 9 aromatic rings. The highest BCUT2D eigenvalue weighted by atomic mass is 16.6. The van der Waals surface area contributed by atoms with E-state index in [2.05, 4.69) is 0 Å². The lowest BCUT2D eigenvalue weighted by atomic mass is 9.82. The van der Waals surface area contributed by atoms with Gasteiger partial charge in [-0.1, -0.05) is 72.8 Å². The minimum Gasteiger partial charge on any atom is -0.457 e. The van der Waals surface area contributed by atoms with Crippen LogP contribution in [0.3, 0.4) is 0 Å². The number of fused-ring (bicyclic) bond motifs is 2. The molecule has 11 rings (SSSR count). The van der Waals surface area contributed by atoms with E-state index in [-0.39, 0.29) is 56.0 Å². The SMILES string of the molecule is O=C1OC(=O)c2cc(Oc3ccccc3)c3c4c(Oc5ccccc5)cc5c6c(cc(Oc7ccccc7)c(c7c(Oc8ccccc8)cc1c2c73)c64)C(=O)OC5=O. The summed E-state index contributed by atoms with van der Waals surface area (Å²) in [6.07, 6.45) is 0. The summed E-state index contributed by atoms with van der Waals surface area (Å²) in [5.41, 5.74) is 0.317. The summed E-state index contributed by atoms with van der Waals surface area (Å²) in [6, 6.07) is 42.1. The van der Waals surface area contributed by atoms with Crippen LogP contribution in [-0.4, -0.2) is 23.9 Å². The van der Waals surface area contributed by atoms with E-state index in [4.69, 9.17) is 28.4 Å². The molecular formula is C48H24O10. The molecule has 0 saturated heterocycles. The Bertz CT molecular complexity index is 2790. The Kier molecular flexibility index (Phi) is 7.23. The number of esters is 4. The number of para-hydroxylation sites is 4. The van der Waals surface area contributed by atoms with Crippen LogP contribution in [-0.2, 0) is 9.47 Å². The topological polar surface area (TPSA) is 124 Å². The second-order valence-electron chi connectivity index (χ2n) is 13.7. The lowest BCUT2D eigenvalue weighted by Gasteiger charge is -2.27. The van der Waals surface area contributed by atoms with E-state index in [0.717, 1.165) is 0 Å². The van der Waals surface area contributed by atoms with E-state index in [1.54, 1.807) is 48.5 Å². The van der Waals surface area contributed by atoms with E-state index in [9.17, 15) is 19.2 Å². The molecule has 0 amide bonds. The third-order valence-corrected chi connectivity index (χ3v) is 10.3. The smallest absolute Gasteiger partial charge is 0.346 e. The minimum absolute atomic E-state index is 0.0793. The molecule has 0 N–H and O–H groups in total. The van der Waals surface area contributed by atoms with Gasteiger partial charge in [-0.15, -0.1) is 0 Å². The summed E-state index contributed by atoms with van der Waals surface area (Å²) in [6.45, 7) is 0. The maximum Gasteiger partial charge on any atom is 0.346 e. The fraction of sp³-hybridized carbons (Fsp3) is 0. The Labute approximate surface area is 327 Å². The van der Waals surface area contributed by atoms with Gasteiger partial charge in [0.15, 0.2) is 0 Å². The van der Waals surface area contributed by atoms with Crippen LogP contribution in [0.2, 0.25) is 0 Å². The highest BCUT2D eigenvalue weighted by Gasteiger charge is 2.38. The largest absolute Gasteiger partial charge is 0.457 e. The molecule has 58 heavy (non-hydrogen) atoms. The van der Waals surface area contributed by atoms with Gasteiger partial charge in [-0.05, 0) is 72.8 Å². The second kappa shape index (κ2) is 12.7. The summed E-state index contributed by atoms with van der Waals surface area (Å²) >= 11 is 0. The van der Waals surface area contributed by atoms with Crippen molar-refractivity contribution in [3.8, 4) is 46.0 Å². The van der Waals surface area contributed by atoms with Crippen molar-refractivity contribution in [1.29, 1.82) is 0 Å². The molecule has 0 aliphatic carbocycles. The van der Waals surface area contributed by atoms with Gasteiger partial charge in [-0.25, -0.2) is 19.2 Å². The number of hydrogen-bond acceptors (Lipinski definition) is 10. The molecule has 2 heterocycles. The molecule has 2 aliphatic heterocycles. The summed E-state index contributed by atoms with van der Waals surface area (Å²) in [5.74, 6) is -0.911. The van der Waals surface area contributed by atoms with Crippen molar-refractivity contribution in [2.75, 3.05) is 0 Å². The predicted octanol–water partition coefficient (Wildman–Crippen LogP) is 11.5. The van der Waals surface area contributed by atoms with Crippen LogP contribution in [0, 0.1) is 0 Å². The number of benzene rings is 9. The molecule has 0 fully saturated rings. The zero-order chi connectivity index (χ0) is 39.1. The van der Waals surface area contributed by atoms with Crippen LogP contribution in [0.4, 0.5) is 0 Å². The third-order valence-electron chi connectivity index (χ3n) is 10.3. The standard InChI is InChI=1S/C48H24O10/c49-45-29-21-33(53-25-13-5-1-6-14-25)39-40-34(54-26-15-7-2-8-16-26)22-31-38-32(48(52)58-47(31)51)24-36(56-28-19-11-4-12-20-28)42(44(38)40)41-35(55-27-17-9-3-10-18-27)23-30(46(50)57-45)37(29)43(39)41/h1-24H. The minimum atomic E-state index is -0.865. The molecule has 0 atom stereocenters. The first kappa shape index (κ1) is 33.1. The van der Waals surface area contributed by atoms with Crippen molar-refractivity contribution in [2.24, 2.45) is 0 Å². The Morgan fingerprint density at radius 3 is 0.724 bits per heavy atom. The molecular weight excluding hydrogens is 737 g/mol. The Morgan fingerprint density at radius 1 is 0.276 bits per heavy atom. The molecule has 0 aromatic heterocycles. The van der Waals surface area contributed by atoms with E-state index >= 15 is 0 Å². The Balaban J connectivity index is 1.42. The molecule has 10 nitrogen and oxygen atoms in total. The summed E-state index contributed by atoms with van der Waals surface area (Å²) in [7, 11) is 0. The van der Waals surface area contributed by atoms with Crippen LogP contribution in [0.15, 0.2) is 146 Å². The fourth-order valence-corrected chi connectivity index (χ4v) is 7.98. The molecule has 0 unspecified atom stereocenters. The zero-order valence-electron chi connectivity index (χ0n) is 29.9. The van der Waals surface area contributed by atoms with Gasteiger partial charge in [0, 0.05) is 43.1 Å². The van der Waals surface area contributed by atoms with Gasteiger partial charge < -0.3 is 28.4 Å². The highest BCUT2D eigenvalue weighted by molar-refractivity contribution is 6.43. The molecule has 2 aliphatic rings. The second-order valence-corrected chi connectivity index (χ2v) is 13.7. The molecule has 276 valence electrons. The summed E-state index contributed by atoms with van der Waals surface area (Å²) < 4.78 is 37.4. The van der Waals surface area contributed by atoms with Crippen molar-refractivity contribution in [3.05, 3.63) is 168 Å². The van der Waals surface area contributed by atoms with Gasteiger partial charge in [0.05, 0.1) is 22.3 Å². The van der Waals surface area contributed by atoms with E-state index in [1.165, 1.54) is 24.3 Å². The molecule has 0 saturated carbocycles. The summed E-state index contributed by atoms with van der Waals surface area (Å²) in [4.78, 5) is 55.1. The predicted molar refractivity (Wildman–Crippen MR) is 213 cm³/mol. The van der Waals surface area contributed by atoms with Gasteiger partial charge in [-0.3, -0.25) is 0 Å². The Hall–Kier alpha value is -8.24. The van der Waals surface area contributed by atoms with Crippen LogP contribution in [0.1, 0.15) is 41.4 Å². The van der Waals surface area contributed by atoms with E-state index in [1.807, 2.05) is 72.8 Å². The lowest BCUT2D eigenvalue weighted by Crippen LogP contribution is -2.21. The molecule has 9 aromatic carbocycles. The third kappa shape index (κ3) is 5.05. The quantitative estimate of drug-likeness (QED) is 0.0639. The number of ether oxygens (including phenoxy) is 6. The monoisotopic (exact) mass is 760 g/mol.